The number of nitrogens with zero attached hydrogens (tertiary/aromatic N) is 2. The van der Waals surface area contributed by atoms with Gasteiger partial charge in [-0.1, -0.05) is 42.5 Å². The van der Waals surface area contributed by atoms with Crippen LogP contribution in [0.25, 0.3) is 0 Å². The minimum absolute atomic E-state index is 0.0166. The van der Waals surface area contributed by atoms with Crippen molar-refractivity contribution >= 4 is 21.7 Å². The fraction of sp³-hybridized carbons (Fsp3) is 0.517. The summed E-state index contributed by atoms with van der Waals surface area (Å²) in [4.78, 5) is 30.6. The minimum Gasteiger partial charge on any atom is -0.349 e. The normalized spacial score (nSPS) is 20.8. The van der Waals surface area contributed by atoms with E-state index in [2.05, 4.69) is 22.3 Å². The fourth-order valence-electron chi connectivity index (χ4n) is 5.73. The van der Waals surface area contributed by atoms with Gasteiger partial charge in [0.25, 0.3) is 0 Å². The summed E-state index contributed by atoms with van der Waals surface area (Å²) < 4.78 is 23.4. The maximum absolute atomic E-state index is 13.4. The second-order valence-corrected chi connectivity index (χ2v) is 13.1. The molecule has 2 aliphatic heterocycles. The minimum atomic E-state index is -3.22. The van der Waals surface area contributed by atoms with Crippen molar-refractivity contribution in [1.29, 1.82) is 0 Å². The summed E-state index contributed by atoms with van der Waals surface area (Å²) in [6.45, 7) is 3.94. The monoisotopic (exact) mass is 523 g/mol. The van der Waals surface area contributed by atoms with E-state index >= 15 is 0 Å². The molecule has 1 atom stereocenters. The summed E-state index contributed by atoms with van der Waals surface area (Å²) in [6.07, 6.45) is 6.66. The van der Waals surface area contributed by atoms with Crippen LogP contribution in [0.4, 0.5) is 0 Å². The maximum Gasteiger partial charge on any atom is 0.229 e. The van der Waals surface area contributed by atoms with E-state index in [1.54, 1.807) is 12.1 Å². The molecule has 2 aromatic rings. The number of hydrogen-bond donors (Lipinski definition) is 1. The number of carbonyl (C=O) groups excluding carboxylic acids is 2. The van der Waals surface area contributed by atoms with Crippen molar-refractivity contribution in [2.45, 2.75) is 56.0 Å². The first-order chi connectivity index (χ1) is 17.7. The van der Waals surface area contributed by atoms with Crippen LogP contribution in [0.2, 0.25) is 0 Å². The molecule has 0 radical (unpaired) electrons. The molecule has 2 saturated heterocycles. The van der Waals surface area contributed by atoms with Crippen molar-refractivity contribution < 1.29 is 18.0 Å². The highest BCUT2D eigenvalue weighted by atomic mass is 32.2. The molecule has 5 rings (SSSR count). The molecule has 3 aliphatic rings. The number of rotatable bonds is 9. The molecule has 2 amide bonds. The lowest BCUT2D eigenvalue weighted by Crippen LogP contribution is -2.45. The van der Waals surface area contributed by atoms with E-state index in [-0.39, 0.29) is 29.2 Å². The van der Waals surface area contributed by atoms with E-state index in [0.717, 1.165) is 75.8 Å². The lowest BCUT2D eigenvalue weighted by Gasteiger charge is -2.38. The van der Waals surface area contributed by atoms with Crippen LogP contribution < -0.4 is 5.32 Å². The molecule has 198 valence electrons. The van der Waals surface area contributed by atoms with Gasteiger partial charge < -0.3 is 15.1 Å². The van der Waals surface area contributed by atoms with Gasteiger partial charge in [0.2, 0.25) is 11.8 Å². The predicted octanol–water partition coefficient (Wildman–Crippen LogP) is 3.56. The number of hydrogen-bond acceptors (Lipinski definition) is 5. The number of sulfone groups is 1. The van der Waals surface area contributed by atoms with Crippen molar-refractivity contribution in [1.82, 2.24) is 15.1 Å². The van der Waals surface area contributed by atoms with Crippen LogP contribution in [-0.4, -0.2) is 62.5 Å². The third kappa shape index (κ3) is 6.07. The van der Waals surface area contributed by atoms with Gasteiger partial charge in [-0.15, -0.1) is 0 Å². The summed E-state index contributed by atoms with van der Waals surface area (Å²) in [5.41, 5.74) is 1.83. The zero-order chi connectivity index (χ0) is 26.0. The fourth-order valence-corrected chi connectivity index (χ4v) is 6.36. The number of likely N-dealkylation sites (tertiary alicyclic amines) is 2. The average molecular weight is 524 g/mol. The van der Waals surface area contributed by atoms with Crippen LogP contribution >= 0.6 is 0 Å². The molecular formula is C29H37N3O4S. The van der Waals surface area contributed by atoms with Gasteiger partial charge in [-0.3, -0.25) is 9.59 Å². The molecule has 2 aromatic carbocycles. The van der Waals surface area contributed by atoms with Gasteiger partial charge in [-0.2, -0.15) is 0 Å². The Morgan fingerprint density at radius 2 is 1.65 bits per heavy atom. The molecule has 2 heterocycles. The van der Waals surface area contributed by atoms with E-state index in [4.69, 9.17) is 0 Å². The van der Waals surface area contributed by atoms with Gasteiger partial charge in [0.15, 0.2) is 9.84 Å². The number of carbonyl (C=O) groups is 2. The van der Waals surface area contributed by atoms with Crippen LogP contribution in [0.3, 0.4) is 0 Å². The molecule has 3 fully saturated rings. The molecular weight excluding hydrogens is 486 g/mol. The van der Waals surface area contributed by atoms with Crippen LogP contribution in [0.15, 0.2) is 59.5 Å². The number of piperidine rings is 1. The quantitative estimate of drug-likeness (QED) is 0.543. The largest absolute Gasteiger partial charge is 0.349 e. The van der Waals surface area contributed by atoms with Gasteiger partial charge in [-0.05, 0) is 74.9 Å². The zero-order valence-corrected chi connectivity index (χ0v) is 22.4. The average Bonchev–Trinajstić information content (AvgIpc) is 3.71. The van der Waals surface area contributed by atoms with E-state index in [1.165, 1.54) is 6.26 Å². The summed E-state index contributed by atoms with van der Waals surface area (Å²) >= 11 is 0. The van der Waals surface area contributed by atoms with Crippen molar-refractivity contribution in [3.05, 3.63) is 65.7 Å². The Bertz CT molecular complexity index is 1220. The lowest BCUT2D eigenvalue weighted by atomic mass is 9.77. The number of amides is 2. The molecule has 37 heavy (non-hydrogen) atoms. The molecule has 1 saturated carbocycles. The Balaban J connectivity index is 1.14. The van der Waals surface area contributed by atoms with Crippen molar-refractivity contribution in [2.75, 3.05) is 32.4 Å². The summed E-state index contributed by atoms with van der Waals surface area (Å²) in [5.74, 6) is 0.599. The zero-order valence-electron chi connectivity index (χ0n) is 21.6. The van der Waals surface area contributed by atoms with E-state index in [9.17, 15) is 18.0 Å². The topological polar surface area (TPSA) is 86.8 Å². The SMILES string of the molecule is CS(=O)(=O)c1ccc(CN2CCC3(CCN(CC[C@H](NC(=O)C4CC4)c4ccccc4)CC3)C2=O)cc1. The van der Waals surface area contributed by atoms with Crippen molar-refractivity contribution in [3.63, 3.8) is 0 Å². The van der Waals surface area contributed by atoms with Crippen LogP contribution in [0.1, 0.15) is 55.7 Å². The molecule has 0 bridgehead atoms. The highest BCUT2D eigenvalue weighted by Gasteiger charge is 2.47. The van der Waals surface area contributed by atoms with E-state index in [1.807, 2.05) is 35.2 Å². The second-order valence-electron chi connectivity index (χ2n) is 11.0. The Kier molecular flexibility index (Phi) is 7.41. The van der Waals surface area contributed by atoms with Gasteiger partial charge >= 0.3 is 0 Å². The first-order valence-electron chi connectivity index (χ1n) is 13.4. The van der Waals surface area contributed by atoms with Gasteiger partial charge in [0.05, 0.1) is 16.4 Å². The number of nitrogens with one attached hydrogen (secondary N) is 1. The highest BCUT2D eigenvalue weighted by Crippen LogP contribution is 2.42. The third-order valence-electron chi connectivity index (χ3n) is 8.34. The lowest BCUT2D eigenvalue weighted by molar-refractivity contribution is -0.139. The molecule has 1 aliphatic carbocycles. The molecule has 0 aromatic heterocycles. The van der Waals surface area contributed by atoms with Crippen LogP contribution in [0.5, 0.6) is 0 Å². The highest BCUT2D eigenvalue weighted by molar-refractivity contribution is 7.90. The van der Waals surface area contributed by atoms with Gasteiger partial charge in [0.1, 0.15) is 0 Å². The Morgan fingerprint density at radius 1 is 1.00 bits per heavy atom. The Labute approximate surface area is 220 Å². The van der Waals surface area contributed by atoms with E-state index < -0.39 is 9.84 Å². The van der Waals surface area contributed by atoms with Crippen LogP contribution in [0, 0.1) is 11.3 Å². The first-order valence-corrected chi connectivity index (χ1v) is 15.3. The Hall–Kier alpha value is -2.71. The van der Waals surface area contributed by atoms with Gasteiger partial charge in [0, 0.05) is 31.8 Å². The molecule has 0 unspecified atom stereocenters. The Morgan fingerprint density at radius 3 is 2.27 bits per heavy atom. The van der Waals surface area contributed by atoms with Crippen molar-refractivity contribution in [3.8, 4) is 0 Å². The smallest absolute Gasteiger partial charge is 0.229 e. The number of benzene rings is 2. The molecule has 8 heteroatoms. The summed E-state index contributed by atoms with van der Waals surface area (Å²) in [7, 11) is -3.22. The second kappa shape index (κ2) is 10.6. The standard InChI is InChI=1S/C29H37N3O4S/c1-37(35,36)25-11-7-22(8-12-25)21-32-20-16-29(28(32)34)14-18-31(19-15-29)17-13-26(23-5-3-2-4-6-23)30-27(33)24-9-10-24/h2-8,11-12,24,26H,9-10,13-21H2,1H3,(H,30,33)/t26-/m0/s1. The summed E-state index contributed by atoms with van der Waals surface area (Å²) in [6, 6.07) is 17.1. The first kappa shape index (κ1) is 25.9. The van der Waals surface area contributed by atoms with E-state index in [0.29, 0.717) is 11.4 Å². The van der Waals surface area contributed by atoms with Crippen LogP contribution in [-0.2, 0) is 26.0 Å². The van der Waals surface area contributed by atoms with Crippen molar-refractivity contribution in [2.24, 2.45) is 11.3 Å². The summed E-state index contributed by atoms with van der Waals surface area (Å²) in [5, 5.41) is 3.27. The molecule has 1 N–H and O–H groups in total. The maximum atomic E-state index is 13.4. The van der Waals surface area contributed by atoms with Gasteiger partial charge in [-0.25, -0.2) is 8.42 Å². The molecule has 1 spiro atoms. The predicted molar refractivity (Wildman–Crippen MR) is 142 cm³/mol. The third-order valence-corrected chi connectivity index (χ3v) is 9.47. The molecule has 7 nitrogen and oxygen atoms in total.